The van der Waals surface area contributed by atoms with Crippen LogP contribution in [0.3, 0.4) is 0 Å². The Morgan fingerprint density at radius 2 is 2.17 bits per heavy atom. The average molecular weight is 406 g/mol. The molecule has 2 unspecified atom stereocenters. The van der Waals surface area contributed by atoms with Crippen LogP contribution in [0, 0.1) is 5.92 Å². The van der Waals surface area contributed by atoms with Crippen LogP contribution in [0.4, 0.5) is 0 Å². The Morgan fingerprint density at radius 1 is 1.33 bits per heavy atom. The number of thiophene rings is 1. The Labute approximate surface area is 154 Å². The second kappa shape index (κ2) is 6.94. The molecule has 1 amide bonds. The molecule has 3 saturated heterocycles. The van der Waals surface area contributed by atoms with Crippen LogP contribution in [0.15, 0.2) is 40.4 Å². The number of carbonyl (C=O) groups is 1. The molecule has 24 heavy (non-hydrogen) atoms. The van der Waals surface area contributed by atoms with Crippen molar-refractivity contribution in [2.75, 3.05) is 13.1 Å². The standard InChI is InChI=1S/C18H20BrN3OS/c19-16-4-3-15(24-16)18(23)21-17-13-5-8-22(9-6-13)14(17)10-12-2-1-7-20-11-12/h1-4,7,11,13-14,17H,5-6,8-10H2,(H,21,23). The molecule has 6 heteroatoms. The first-order valence-corrected chi connectivity index (χ1v) is 10.0. The summed E-state index contributed by atoms with van der Waals surface area (Å²) in [5, 5.41) is 3.34. The third-order valence-corrected chi connectivity index (χ3v) is 6.85. The SMILES string of the molecule is O=C(NC1C2CCN(CC2)C1Cc1cccnc1)c1ccc(Br)s1. The van der Waals surface area contributed by atoms with Gasteiger partial charge in [-0.2, -0.15) is 0 Å². The molecule has 2 atom stereocenters. The largest absolute Gasteiger partial charge is 0.347 e. The lowest BCUT2D eigenvalue weighted by atomic mass is 9.77. The second-order valence-corrected chi connectivity index (χ2v) is 9.07. The Balaban J connectivity index is 1.53. The van der Waals surface area contributed by atoms with E-state index in [4.69, 9.17) is 0 Å². The highest BCUT2D eigenvalue weighted by Gasteiger charge is 2.42. The molecule has 0 saturated carbocycles. The van der Waals surface area contributed by atoms with Gasteiger partial charge < -0.3 is 5.32 Å². The number of halogens is 1. The quantitative estimate of drug-likeness (QED) is 0.847. The van der Waals surface area contributed by atoms with Gasteiger partial charge in [-0.3, -0.25) is 14.7 Å². The second-order valence-electron chi connectivity index (χ2n) is 6.61. The molecular weight excluding hydrogens is 386 g/mol. The Kier molecular flexibility index (Phi) is 4.70. The van der Waals surface area contributed by atoms with Crippen molar-refractivity contribution in [3.05, 3.63) is 50.9 Å². The van der Waals surface area contributed by atoms with Crippen LogP contribution in [0.1, 0.15) is 28.1 Å². The average Bonchev–Trinajstić information content (AvgIpc) is 3.05. The van der Waals surface area contributed by atoms with Crippen LogP contribution >= 0.6 is 27.3 Å². The van der Waals surface area contributed by atoms with Crippen LogP contribution in [0.5, 0.6) is 0 Å². The molecule has 2 aromatic heterocycles. The van der Waals surface area contributed by atoms with Crippen molar-refractivity contribution in [2.45, 2.75) is 31.3 Å². The summed E-state index contributed by atoms with van der Waals surface area (Å²) in [6.45, 7) is 2.29. The normalized spacial score (nSPS) is 28.7. The molecule has 5 rings (SSSR count). The zero-order valence-corrected chi connectivity index (χ0v) is 15.7. The molecule has 5 heterocycles. The van der Waals surface area contributed by atoms with E-state index >= 15 is 0 Å². The molecule has 0 aromatic carbocycles. The third kappa shape index (κ3) is 3.27. The van der Waals surface area contributed by atoms with E-state index in [1.165, 1.54) is 29.7 Å². The molecule has 126 valence electrons. The fourth-order valence-corrected chi connectivity index (χ4v) is 5.33. The van der Waals surface area contributed by atoms with E-state index in [-0.39, 0.29) is 11.9 Å². The fourth-order valence-electron chi connectivity index (χ4n) is 4.04. The summed E-state index contributed by atoms with van der Waals surface area (Å²) in [4.78, 5) is 20.2. The van der Waals surface area contributed by atoms with Crippen molar-refractivity contribution in [1.82, 2.24) is 15.2 Å². The van der Waals surface area contributed by atoms with Gasteiger partial charge >= 0.3 is 0 Å². The number of amides is 1. The molecule has 0 aliphatic carbocycles. The first-order valence-electron chi connectivity index (χ1n) is 8.40. The number of piperidine rings is 3. The minimum absolute atomic E-state index is 0.0561. The summed E-state index contributed by atoms with van der Waals surface area (Å²) in [6.07, 6.45) is 7.07. The summed E-state index contributed by atoms with van der Waals surface area (Å²) >= 11 is 4.93. The Bertz CT molecular complexity index is 712. The van der Waals surface area contributed by atoms with Crippen LogP contribution in [-0.4, -0.2) is 41.0 Å². The van der Waals surface area contributed by atoms with Gasteiger partial charge in [-0.05, 0) is 78.0 Å². The Morgan fingerprint density at radius 3 is 2.83 bits per heavy atom. The van der Waals surface area contributed by atoms with Crippen molar-refractivity contribution in [3.63, 3.8) is 0 Å². The zero-order valence-electron chi connectivity index (χ0n) is 13.3. The van der Waals surface area contributed by atoms with Gasteiger partial charge in [0.05, 0.1) is 8.66 Å². The van der Waals surface area contributed by atoms with Crippen molar-refractivity contribution in [3.8, 4) is 0 Å². The summed E-state index contributed by atoms with van der Waals surface area (Å²) < 4.78 is 0.994. The maximum atomic E-state index is 12.6. The first kappa shape index (κ1) is 16.2. The summed E-state index contributed by atoms with van der Waals surface area (Å²) in [7, 11) is 0. The topological polar surface area (TPSA) is 45.2 Å². The number of hydrogen-bond donors (Lipinski definition) is 1. The predicted molar refractivity (Wildman–Crippen MR) is 99.3 cm³/mol. The molecule has 2 bridgehead atoms. The van der Waals surface area contributed by atoms with Crippen molar-refractivity contribution in [1.29, 1.82) is 0 Å². The van der Waals surface area contributed by atoms with Gasteiger partial charge in [-0.1, -0.05) is 6.07 Å². The summed E-state index contributed by atoms with van der Waals surface area (Å²) in [6, 6.07) is 8.54. The van der Waals surface area contributed by atoms with Crippen molar-refractivity contribution < 1.29 is 4.79 Å². The number of pyridine rings is 1. The number of hydrogen-bond acceptors (Lipinski definition) is 4. The van der Waals surface area contributed by atoms with Crippen molar-refractivity contribution >= 4 is 33.2 Å². The van der Waals surface area contributed by atoms with Gasteiger partial charge in [0, 0.05) is 24.5 Å². The number of nitrogens with one attached hydrogen (secondary N) is 1. The molecule has 3 aliphatic rings. The van der Waals surface area contributed by atoms with Crippen molar-refractivity contribution in [2.24, 2.45) is 5.92 Å². The minimum atomic E-state index is 0.0561. The van der Waals surface area contributed by atoms with Gasteiger partial charge in [0.2, 0.25) is 0 Å². The van der Waals surface area contributed by atoms with E-state index < -0.39 is 0 Å². The minimum Gasteiger partial charge on any atom is -0.347 e. The lowest BCUT2D eigenvalue weighted by molar-refractivity contribution is 0.0137. The highest BCUT2D eigenvalue weighted by molar-refractivity contribution is 9.11. The van der Waals surface area contributed by atoms with E-state index in [9.17, 15) is 4.79 Å². The monoisotopic (exact) mass is 405 g/mol. The highest BCUT2D eigenvalue weighted by atomic mass is 79.9. The first-order chi connectivity index (χ1) is 11.7. The lowest BCUT2D eigenvalue weighted by Crippen LogP contribution is -2.64. The van der Waals surface area contributed by atoms with Gasteiger partial charge in [0.25, 0.3) is 5.91 Å². The fraction of sp³-hybridized carbons (Fsp3) is 0.444. The number of aromatic nitrogens is 1. The van der Waals surface area contributed by atoms with Gasteiger partial charge in [0.1, 0.15) is 0 Å². The molecule has 0 radical (unpaired) electrons. The predicted octanol–water partition coefficient (Wildman–Crippen LogP) is 3.34. The summed E-state index contributed by atoms with van der Waals surface area (Å²) in [5.41, 5.74) is 1.24. The van der Waals surface area contributed by atoms with Gasteiger partial charge in [0.15, 0.2) is 0 Å². The van der Waals surface area contributed by atoms with Crippen LogP contribution < -0.4 is 5.32 Å². The van der Waals surface area contributed by atoms with E-state index in [0.29, 0.717) is 12.0 Å². The smallest absolute Gasteiger partial charge is 0.261 e. The maximum absolute atomic E-state index is 12.6. The third-order valence-electron chi connectivity index (χ3n) is 5.23. The lowest BCUT2D eigenvalue weighted by Gasteiger charge is -2.51. The molecule has 1 N–H and O–H groups in total. The molecular formula is C18H20BrN3OS. The number of rotatable bonds is 4. The molecule has 0 spiro atoms. The van der Waals surface area contributed by atoms with E-state index in [2.05, 4.69) is 37.2 Å². The molecule has 3 aliphatic heterocycles. The van der Waals surface area contributed by atoms with Gasteiger partial charge in [-0.15, -0.1) is 11.3 Å². The van der Waals surface area contributed by atoms with Crippen LogP contribution in [-0.2, 0) is 6.42 Å². The number of carbonyl (C=O) groups excluding carboxylic acids is 1. The van der Waals surface area contributed by atoms with E-state index in [0.717, 1.165) is 28.2 Å². The molecule has 3 fully saturated rings. The molecule has 4 nitrogen and oxygen atoms in total. The van der Waals surface area contributed by atoms with E-state index in [1.54, 1.807) is 0 Å². The zero-order chi connectivity index (χ0) is 16.5. The van der Waals surface area contributed by atoms with Crippen LogP contribution in [0.25, 0.3) is 0 Å². The van der Waals surface area contributed by atoms with E-state index in [1.807, 2.05) is 30.6 Å². The number of fused-ring (bicyclic) bond motifs is 3. The maximum Gasteiger partial charge on any atom is 0.261 e. The van der Waals surface area contributed by atoms with Crippen LogP contribution in [0.2, 0.25) is 0 Å². The Hall–Kier alpha value is -1.24. The highest BCUT2D eigenvalue weighted by Crippen LogP contribution is 2.34. The summed E-state index contributed by atoms with van der Waals surface area (Å²) in [5.74, 6) is 0.643. The van der Waals surface area contributed by atoms with Gasteiger partial charge in [-0.25, -0.2) is 0 Å². The molecule has 2 aromatic rings. The number of nitrogens with zero attached hydrogens (tertiary/aromatic N) is 2.